The summed E-state index contributed by atoms with van der Waals surface area (Å²) in [6.45, 7) is 3.86. The minimum atomic E-state index is -0.397. The molecule has 0 radical (unpaired) electrons. The fourth-order valence-corrected chi connectivity index (χ4v) is 2.15. The second-order valence-corrected chi connectivity index (χ2v) is 5.67. The quantitative estimate of drug-likeness (QED) is 0.451. The van der Waals surface area contributed by atoms with E-state index in [9.17, 15) is 9.18 Å². The van der Waals surface area contributed by atoms with Crippen LogP contribution in [0.25, 0.3) is 17.4 Å². The van der Waals surface area contributed by atoms with Crippen LogP contribution >= 0.6 is 12.2 Å². The molecular weight excluding hydrogens is 329 g/mol. The predicted octanol–water partition coefficient (Wildman–Crippen LogP) is 3.00. The van der Waals surface area contributed by atoms with Crippen LogP contribution in [0.5, 0.6) is 0 Å². The Bertz CT molecular complexity index is 756. The van der Waals surface area contributed by atoms with Crippen molar-refractivity contribution in [1.82, 2.24) is 16.2 Å². The van der Waals surface area contributed by atoms with Gasteiger partial charge in [0.05, 0.1) is 5.56 Å². The second kappa shape index (κ2) is 8.26. The average Bonchev–Trinajstić information content (AvgIpc) is 2.99. The fourth-order valence-electron chi connectivity index (χ4n) is 1.86. The molecule has 1 aromatic carbocycles. The number of benzene rings is 1. The molecule has 0 fully saturated rings. The first-order valence-electron chi connectivity index (χ1n) is 7.35. The second-order valence-electron chi connectivity index (χ2n) is 5.26. The molecule has 0 spiro atoms. The zero-order valence-electron chi connectivity index (χ0n) is 13.3. The lowest BCUT2D eigenvalue weighted by Gasteiger charge is -2.12. The minimum absolute atomic E-state index is 0.164. The number of amides is 1. The maximum atomic E-state index is 13.7. The van der Waals surface area contributed by atoms with Crippen LogP contribution in [0.4, 0.5) is 4.39 Å². The highest BCUT2D eigenvalue weighted by Crippen LogP contribution is 2.25. The van der Waals surface area contributed by atoms with Crippen molar-refractivity contribution in [2.45, 2.75) is 19.9 Å². The summed E-state index contributed by atoms with van der Waals surface area (Å²) in [7, 11) is 0. The molecule has 1 amide bonds. The smallest absolute Gasteiger partial charge is 0.262 e. The highest BCUT2D eigenvalue weighted by Gasteiger charge is 2.08. The zero-order valence-corrected chi connectivity index (χ0v) is 14.1. The molecule has 0 unspecified atom stereocenters. The van der Waals surface area contributed by atoms with Crippen LogP contribution in [-0.2, 0) is 4.79 Å². The summed E-state index contributed by atoms with van der Waals surface area (Å²) < 4.78 is 19.2. The van der Waals surface area contributed by atoms with E-state index in [1.54, 1.807) is 30.3 Å². The van der Waals surface area contributed by atoms with Gasteiger partial charge in [0, 0.05) is 12.1 Å². The van der Waals surface area contributed by atoms with Gasteiger partial charge in [0.25, 0.3) is 5.91 Å². The number of hydrazine groups is 1. The molecule has 0 aliphatic heterocycles. The van der Waals surface area contributed by atoms with Crippen molar-refractivity contribution in [2.75, 3.05) is 0 Å². The van der Waals surface area contributed by atoms with E-state index in [1.165, 1.54) is 18.2 Å². The molecule has 126 valence electrons. The molecule has 2 rings (SSSR count). The van der Waals surface area contributed by atoms with Crippen molar-refractivity contribution in [3.63, 3.8) is 0 Å². The summed E-state index contributed by atoms with van der Waals surface area (Å²) in [5.74, 6) is 0.0714. The standard InChI is InChI=1S/C17H18FN3O2S/c1-11(2)19-17(24)21-20-16(22)10-8-12-7-9-15(23-12)13-5-3-4-6-14(13)18/h3-11H,1-2H3,(H,20,22)(H2,19,21,24)/b10-8+. The van der Waals surface area contributed by atoms with Crippen LogP contribution in [0.15, 0.2) is 46.9 Å². The molecule has 24 heavy (non-hydrogen) atoms. The lowest BCUT2D eigenvalue weighted by Crippen LogP contribution is -2.48. The molecule has 0 atom stereocenters. The van der Waals surface area contributed by atoms with Gasteiger partial charge in [-0.3, -0.25) is 15.6 Å². The van der Waals surface area contributed by atoms with Gasteiger partial charge in [-0.2, -0.15) is 0 Å². The van der Waals surface area contributed by atoms with Crippen LogP contribution < -0.4 is 16.2 Å². The Morgan fingerprint density at radius 2 is 1.96 bits per heavy atom. The lowest BCUT2D eigenvalue weighted by atomic mass is 10.1. The first-order valence-corrected chi connectivity index (χ1v) is 7.76. The zero-order chi connectivity index (χ0) is 17.5. The third-order valence-electron chi connectivity index (χ3n) is 2.88. The first kappa shape index (κ1) is 17.7. The Morgan fingerprint density at radius 1 is 1.21 bits per heavy atom. The highest BCUT2D eigenvalue weighted by atomic mass is 32.1. The van der Waals surface area contributed by atoms with Crippen molar-refractivity contribution in [2.24, 2.45) is 0 Å². The first-order chi connectivity index (χ1) is 11.5. The van der Waals surface area contributed by atoms with Crippen LogP contribution in [0, 0.1) is 5.82 Å². The largest absolute Gasteiger partial charge is 0.457 e. The van der Waals surface area contributed by atoms with E-state index >= 15 is 0 Å². The molecule has 5 nitrogen and oxygen atoms in total. The Labute approximate surface area is 144 Å². The van der Waals surface area contributed by atoms with Gasteiger partial charge in [0.1, 0.15) is 17.3 Å². The van der Waals surface area contributed by atoms with E-state index in [0.29, 0.717) is 22.2 Å². The molecule has 0 aliphatic rings. The summed E-state index contributed by atoms with van der Waals surface area (Å²) in [6.07, 6.45) is 2.77. The van der Waals surface area contributed by atoms with E-state index in [4.69, 9.17) is 16.6 Å². The van der Waals surface area contributed by atoms with Gasteiger partial charge in [0.2, 0.25) is 0 Å². The number of hydrogen-bond donors (Lipinski definition) is 3. The highest BCUT2D eigenvalue weighted by molar-refractivity contribution is 7.80. The average molecular weight is 347 g/mol. The third kappa shape index (κ3) is 5.20. The van der Waals surface area contributed by atoms with E-state index < -0.39 is 5.91 Å². The summed E-state index contributed by atoms with van der Waals surface area (Å²) >= 11 is 4.98. The van der Waals surface area contributed by atoms with Gasteiger partial charge in [-0.1, -0.05) is 12.1 Å². The number of halogens is 1. The summed E-state index contributed by atoms with van der Waals surface area (Å²) in [5.41, 5.74) is 5.37. The summed E-state index contributed by atoms with van der Waals surface area (Å²) in [4.78, 5) is 11.7. The van der Waals surface area contributed by atoms with Gasteiger partial charge < -0.3 is 9.73 Å². The molecule has 1 heterocycles. The van der Waals surface area contributed by atoms with Gasteiger partial charge in [-0.05, 0) is 56.4 Å². The lowest BCUT2D eigenvalue weighted by molar-refractivity contribution is -0.117. The Balaban J connectivity index is 1.92. The number of carbonyl (C=O) groups is 1. The predicted molar refractivity (Wildman–Crippen MR) is 95.3 cm³/mol. The van der Waals surface area contributed by atoms with Crippen molar-refractivity contribution in [1.29, 1.82) is 0 Å². The molecule has 2 aromatic rings. The molecule has 1 aromatic heterocycles. The molecule has 0 aliphatic carbocycles. The van der Waals surface area contributed by atoms with Gasteiger partial charge in [-0.25, -0.2) is 4.39 Å². The Hall–Kier alpha value is -2.67. The summed E-state index contributed by atoms with van der Waals surface area (Å²) in [6, 6.07) is 9.79. The van der Waals surface area contributed by atoms with Crippen molar-refractivity contribution in [3.05, 3.63) is 54.1 Å². The Kier molecular flexibility index (Phi) is 6.08. The van der Waals surface area contributed by atoms with Crippen LogP contribution in [0.2, 0.25) is 0 Å². The molecule has 7 heteroatoms. The number of thiocarbonyl (C=S) groups is 1. The van der Waals surface area contributed by atoms with Gasteiger partial charge in [-0.15, -0.1) is 0 Å². The van der Waals surface area contributed by atoms with Crippen LogP contribution in [0.3, 0.4) is 0 Å². The van der Waals surface area contributed by atoms with E-state index in [-0.39, 0.29) is 11.9 Å². The normalized spacial score (nSPS) is 10.8. The van der Waals surface area contributed by atoms with Gasteiger partial charge in [0.15, 0.2) is 5.11 Å². The maximum Gasteiger partial charge on any atom is 0.262 e. The molecule has 0 bridgehead atoms. The van der Waals surface area contributed by atoms with E-state index in [2.05, 4.69) is 16.2 Å². The van der Waals surface area contributed by atoms with Crippen molar-refractivity contribution in [3.8, 4) is 11.3 Å². The van der Waals surface area contributed by atoms with Crippen molar-refractivity contribution < 1.29 is 13.6 Å². The van der Waals surface area contributed by atoms with E-state index in [0.717, 1.165) is 0 Å². The number of rotatable bonds is 4. The monoisotopic (exact) mass is 347 g/mol. The third-order valence-corrected chi connectivity index (χ3v) is 3.10. The summed E-state index contributed by atoms with van der Waals surface area (Å²) in [5, 5.41) is 3.25. The molecule has 3 N–H and O–H groups in total. The number of hydrogen-bond acceptors (Lipinski definition) is 3. The maximum absolute atomic E-state index is 13.7. The minimum Gasteiger partial charge on any atom is -0.457 e. The van der Waals surface area contributed by atoms with E-state index in [1.807, 2.05) is 13.8 Å². The SMILES string of the molecule is CC(C)NC(=S)NNC(=O)/C=C/c1ccc(-c2ccccc2F)o1. The topological polar surface area (TPSA) is 66.3 Å². The fraction of sp³-hybridized carbons (Fsp3) is 0.176. The number of furan rings is 1. The van der Waals surface area contributed by atoms with Crippen LogP contribution in [-0.4, -0.2) is 17.1 Å². The van der Waals surface area contributed by atoms with Crippen molar-refractivity contribution >= 4 is 29.3 Å². The van der Waals surface area contributed by atoms with Crippen LogP contribution in [0.1, 0.15) is 19.6 Å². The molecule has 0 saturated heterocycles. The molecular formula is C17H18FN3O2S. The molecule has 0 saturated carbocycles. The number of carbonyl (C=O) groups excluding carboxylic acids is 1. The van der Waals surface area contributed by atoms with Gasteiger partial charge >= 0.3 is 0 Å². The number of nitrogens with one attached hydrogen (secondary N) is 3. The Morgan fingerprint density at radius 3 is 2.67 bits per heavy atom.